The maximum absolute atomic E-state index is 11.8. The zero-order chi connectivity index (χ0) is 12.3. The molecule has 0 saturated carbocycles. The fourth-order valence-electron chi connectivity index (χ4n) is 1.51. The van der Waals surface area contributed by atoms with Gasteiger partial charge in [-0.25, -0.2) is 0 Å². The van der Waals surface area contributed by atoms with Crippen molar-refractivity contribution in [3.05, 3.63) is 51.7 Å². The van der Waals surface area contributed by atoms with Crippen molar-refractivity contribution in [2.45, 2.75) is 13.5 Å². The number of phenols is 1. The minimum absolute atomic E-state index is 0.0512. The highest BCUT2D eigenvalue weighted by atomic mass is 32.1. The van der Waals surface area contributed by atoms with Crippen LogP contribution in [0.4, 0.5) is 0 Å². The van der Waals surface area contributed by atoms with Crippen LogP contribution in [0.25, 0.3) is 0 Å². The molecule has 0 bridgehead atoms. The van der Waals surface area contributed by atoms with Crippen molar-refractivity contribution >= 4 is 17.2 Å². The van der Waals surface area contributed by atoms with Crippen LogP contribution in [0.3, 0.4) is 0 Å². The van der Waals surface area contributed by atoms with Gasteiger partial charge in [-0.15, -0.1) is 0 Å². The molecule has 0 unspecified atom stereocenters. The van der Waals surface area contributed by atoms with Crippen LogP contribution in [0.15, 0.2) is 35.0 Å². The van der Waals surface area contributed by atoms with Gasteiger partial charge in [-0.2, -0.15) is 11.3 Å². The van der Waals surface area contributed by atoms with Crippen LogP contribution in [0.5, 0.6) is 5.75 Å². The number of thiophene rings is 1. The summed E-state index contributed by atoms with van der Waals surface area (Å²) in [5, 5.41) is 16.5. The molecule has 2 aromatic rings. The van der Waals surface area contributed by atoms with E-state index in [1.165, 1.54) is 0 Å². The van der Waals surface area contributed by atoms with Gasteiger partial charge in [0.2, 0.25) is 0 Å². The molecular weight excluding hydrogens is 234 g/mol. The number of nitrogens with one attached hydrogen (secondary N) is 1. The van der Waals surface area contributed by atoms with Crippen molar-refractivity contribution in [1.29, 1.82) is 0 Å². The maximum atomic E-state index is 11.8. The summed E-state index contributed by atoms with van der Waals surface area (Å²) in [6.45, 7) is 2.25. The summed E-state index contributed by atoms with van der Waals surface area (Å²) in [6.07, 6.45) is 0. The lowest BCUT2D eigenvalue weighted by molar-refractivity contribution is 0.0948. The third-order valence-corrected chi connectivity index (χ3v) is 3.25. The molecule has 1 heterocycles. The van der Waals surface area contributed by atoms with Gasteiger partial charge < -0.3 is 10.4 Å². The Hall–Kier alpha value is -1.81. The monoisotopic (exact) mass is 247 g/mol. The number of para-hydroxylation sites is 1. The SMILES string of the molecule is Cc1cccc(C(=O)NCc2ccsc2)c1O. The summed E-state index contributed by atoms with van der Waals surface area (Å²) < 4.78 is 0. The first kappa shape index (κ1) is 11.7. The molecule has 1 amide bonds. The molecule has 88 valence electrons. The molecule has 17 heavy (non-hydrogen) atoms. The van der Waals surface area contributed by atoms with Crippen LogP contribution in [0.1, 0.15) is 21.5 Å². The number of rotatable bonds is 3. The molecule has 0 saturated heterocycles. The van der Waals surface area contributed by atoms with Gasteiger partial charge in [-0.05, 0) is 40.9 Å². The van der Waals surface area contributed by atoms with Crippen molar-refractivity contribution in [2.24, 2.45) is 0 Å². The third kappa shape index (κ3) is 2.65. The van der Waals surface area contributed by atoms with Crippen molar-refractivity contribution in [1.82, 2.24) is 5.32 Å². The minimum Gasteiger partial charge on any atom is -0.507 e. The second-order valence-corrected chi connectivity index (χ2v) is 4.57. The van der Waals surface area contributed by atoms with Crippen LogP contribution in [-0.2, 0) is 6.54 Å². The van der Waals surface area contributed by atoms with Crippen molar-refractivity contribution in [2.75, 3.05) is 0 Å². The smallest absolute Gasteiger partial charge is 0.255 e. The van der Waals surface area contributed by atoms with E-state index in [4.69, 9.17) is 0 Å². The highest BCUT2D eigenvalue weighted by Gasteiger charge is 2.11. The Balaban J connectivity index is 2.07. The van der Waals surface area contributed by atoms with Crippen molar-refractivity contribution < 1.29 is 9.90 Å². The molecule has 2 N–H and O–H groups in total. The van der Waals surface area contributed by atoms with Crippen LogP contribution in [-0.4, -0.2) is 11.0 Å². The van der Waals surface area contributed by atoms with Gasteiger partial charge in [0.25, 0.3) is 5.91 Å². The molecule has 4 heteroatoms. The third-order valence-electron chi connectivity index (χ3n) is 2.52. The van der Waals surface area contributed by atoms with Crippen LogP contribution >= 0.6 is 11.3 Å². The van der Waals surface area contributed by atoms with E-state index < -0.39 is 0 Å². The summed E-state index contributed by atoms with van der Waals surface area (Å²) in [6, 6.07) is 7.10. The average Bonchev–Trinajstić information content (AvgIpc) is 2.82. The first-order valence-electron chi connectivity index (χ1n) is 5.26. The molecule has 0 radical (unpaired) electrons. The van der Waals surface area contributed by atoms with Crippen LogP contribution < -0.4 is 5.32 Å². The topological polar surface area (TPSA) is 49.3 Å². The predicted octanol–water partition coefficient (Wildman–Crippen LogP) is 2.69. The van der Waals surface area contributed by atoms with E-state index in [0.29, 0.717) is 17.7 Å². The van der Waals surface area contributed by atoms with Crippen LogP contribution in [0, 0.1) is 6.92 Å². The van der Waals surface area contributed by atoms with Gasteiger partial charge in [0.05, 0.1) is 5.56 Å². The number of aromatic hydroxyl groups is 1. The second-order valence-electron chi connectivity index (χ2n) is 3.79. The van der Waals surface area contributed by atoms with Gasteiger partial charge in [0.1, 0.15) is 5.75 Å². The summed E-state index contributed by atoms with van der Waals surface area (Å²) in [5.74, 6) is -0.201. The lowest BCUT2D eigenvalue weighted by Gasteiger charge is -2.07. The molecule has 3 nitrogen and oxygen atoms in total. The van der Waals surface area contributed by atoms with E-state index in [1.807, 2.05) is 16.8 Å². The highest BCUT2D eigenvalue weighted by molar-refractivity contribution is 7.07. The normalized spacial score (nSPS) is 10.2. The molecule has 0 fully saturated rings. The first-order chi connectivity index (χ1) is 8.18. The fourth-order valence-corrected chi connectivity index (χ4v) is 2.18. The predicted molar refractivity (Wildman–Crippen MR) is 68.3 cm³/mol. The number of hydrogen-bond donors (Lipinski definition) is 2. The van der Waals surface area contributed by atoms with E-state index in [0.717, 1.165) is 5.56 Å². The average molecular weight is 247 g/mol. The van der Waals surface area contributed by atoms with E-state index in [2.05, 4.69) is 5.32 Å². The lowest BCUT2D eigenvalue weighted by Crippen LogP contribution is -2.22. The number of hydrogen-bond acceptors (Lipinski definition) is 3. The number of phenolic OH excluding ortho intramolecular Hbond substituents is 1. The molecule has 1 aromatic heterocycles. The van der Waals surface area contributed by atoms with Crippen LogP contribution in [0.2, 0.25) is 0 Å². The number of amides is 1. The summed E-state index contributed by atoms with van der Waals surface area (Å²) >= 11 is 1.59. The summed E-state index contributed by atoms with van der Waals surface area (Å²) in [4.78, 5) is 11.8. The van der Waals surface area contributed by atoms with E-state index in [-0.39, 0.29) is 11.7 Å². The van der Waals surface area contributed by atoms with Gasteiger partial charge in [0, 0.05) is 6.54 Å². The zero-order valence-electron chi connectivity index (χ0n) is 9.43. The molecule has 1 aromatic carbocycles. The molecule has 2 rings (SSSR count). The van der Waals surface area contributed by atoms with E-state index in [9.17, 15) is 9.90 Å². The van der Waals surface area contributed by atoms with Crippen molar-refractivity contribution in [3.63, 3.8) is 0 Å². The minimum atomic E-state index is -0.252. The standard InChI is InChI=1S/C13H13NO2S/c1-9-3-2-4-11(12(9)15)13(16)14-7-10-5-6-17-8-10/h2-6,8,15H,7H2,1H3,(H,14,16). The highest BCUT2D eigenvalue weighted by Crippen LogP contribution is 2.21. The Labute approximate surface area is 104 Å². The van der Waals surface area contributed by atoms with Gasteiger partial charge in [-0.1, -0.05) is 12.1 Å². The first-order valence-corrected chi connectivity index (χ1v) is 6.20. The quantitative estimate of drug-likeness (QED) is 0.876. The molecule has 0 aliphatic rings. The number of benzene rings is 1. The number of carbonyl (C=O) groups excluding carboxylic acids is 1. The van der Waals surface area contributed by atoms with E-state index in [1.54, 1.807) is 36.5 Å². The number of aryl methyl sites for hydroxylation is 1. The Kier molecular flexibility index (Phi) is 3.44. The van der Waals surface area contributed by atoms with E-state index >= 15 is 0 Å². The maximum Gasteiger partial charge on any atom is 0.255 e. The number of carbonyl (C=O) groups is 1. The Morgan fingerprint density at radius 3 is 2.94 bits per heavy atom. The summed E-state index contributed by atoms with van der Waals surface area (Å²) in [5.41, 5.74) is 2.09. The van der Waals surface area contributed by atoms with Gasteiger partial charge in [0.15, 0.2) is 0 Å². The fraction of sp³-hybridized carbons (Fsp3) is 0.154. The summed E-state index contributed by atoms with van der Waals surface area (Å²) in [7, 11) is 0. The van der Waals surface area contributed by atoms with Gasteiger partial charge in [-0.3, -0.25) is 4.79 Å². The molecular formula is C13H13NO2S. The van der Waals surface area contributed by atoms with Gasteiger partial charge >= 0.3 is 0 Å². The molecule has 0 aliphatic heterocycles. The van der Waals surface area contributed by atoms with Crippen molar-refractivity contribution in [3.8, 4) is 5.75 Å². The Morgan fingerprint density at radius 1 is 1.41 bits per heavy atom. The Morgan fingerprint density at radius 2 is 2.24 bits per heavy atom. The molecule has 0 aliphatic carbocycles. The zero-order valence-corrected chi connectivity index (χ0v) is 10.3. The Bertz CT molecular complexity index is 520. The lowest BCUT2D eigenvalue weighted by atomic mass is 10.1. The largest absolute Gasteiger partial charge is 0.507 e. The molecule has 0 atom stereocenters. The molecule has 0 spiro atoms. The second kappa shape index (κ2) is 5.01.